The van der Waals surface area contributed by atoms with Gasteiger partial charge in [-0.2, -0.15) is 0 Å². The van der Waals surface area contributed by atoms with Crippen molar-refractivity contribution in [1.82, 2.24) is 10.3 Å². The number of amides is 1. The smallest absolute Gasteiger partial charge is 0.417 e. The van der Waals surface area contributed by atoms with Crippen LogP contribution in [0.3, 0.4) is 0 Å². The molecule has 1 saturated heterocycles. The van der Waals surface area contributed by atoms with Crippen LogP contribution in [0.25, 0.3) is 0 Å². The zero-order chi connectivity index (χ0) is 17.3. The lowest BCUT2D eigenvalue weighted by Gasteiger charge is -2.45. The maximum Gasteiger partial charge on any atom is 0.417 e. The predicted octanol–water partition coefficient (Wildman–Crippen LogP) is 3.91. The molecule has 1 atom stereocenters. The Balaban J connectivity index is 2.51. The molecule has 1 aromatic rings. The highest BCUT2D eigenvalue weighted by molar-refractivity contribution is 7.80. The number of para-hydroxylation sites is 1. The minimum absolute atomic E-state index is 0.248. The van der Waals surface area contributed by atoms with Crippen molar-refractivity contribution < 1.29 is 9.53 Å². The van der Waals surface area contributed by atoms with E-state index in [0.717, 1.165) is 5.69 Å². The molecule has 1 aliphatic rings. The second-order valence-electron chi connectivity index (χ2n) is 6.56. The Morgan fingerprint density at radius 1 is 1.26 bits per heavy atom. The Labute approximate surface area is 143 Å². The van der Waals surface area contributed by atoms with E-state index in [1.54, 1.807) is 16.8 Å². The molecule has 0 aliphatic carbocycles. The van der Waals surface area contributed by atoms with Crippen LogP contribution in [0.2, 0.25) is 0 Å². The average Bonchev–Trinajstić information content (AvgIpc) is 2.82. The molecule has 1 heterocycles. The zero-order valence-electron chi connectivity index (χ0n) is 14.4. The van der Waals surface area contributed by atoms with Gasteiger partial charge in [0.1, 0.15) is 5.66 Å². The quantitative estimate of drug-likeness (QED) is 0.849. The number of thiocarbonyl (C=S) groups is 1. The number of nitrogens with zero attached hydrogens (tertiary/aromatic N) is 2. The molecule has 0 spiro atoms. The molecule has 0 bridgehead atoms. The molecule has 2 rings (SSSR count). The Morgan fingerprint density at radius 3 is 2.35 bits per heavy atom. The molecule has 1 aromatic carbocycles. The van der Waals surface area contributed by atoms with Crippen LogP contribution in [0, 0.1) is 5.41 Å². The van der Waals surface area contributed by atoms with E-state index in [1.165, 1.54) is 0 Å². The Bertz CT molecular complexity index is 585. The lowest BCUT2D eigenvalue weighted by atomic mass is 9.78. The van der Waals surface area contributed by atoms with Gasteiger partial charge in [-0.25, -0.2) is 20.1 Å². The summed E-state index contributed by atoms with van der Waals surface area (Å²) in [5, 5.41) is 2.20. The summed E-state index contributed by atoms with van der Waals surface area (Å²) in [4.78, 5) is 14.2. The molecule has 1 unspecified atom stereocenters. The summed E-state index contributed by atoms with van der Waals surface area (Å²) >= 11 is 5.61. The van der Waals surface area contributed by atoms with Crippen molar-refractivity contribution in [3.8, 4) is 0 Å². The summed E-state index contributed by atoms with van der Waals surface area (Å²) in [6, 6.07) is 9.74. The summed E-state index contributed by atoms with van der Waals surface area (Å²) in [7, 11) is 0. The third-order valence-electron chi connectivity index (χ3n) is 4.28. The van der Waals surface area contributed by atoms with Gasteiger partial charge in [-0.3, -0.25) is 0 Å². The van der Waals surface area contributed by atoms with Crippen molar-refractivity contribution >= 4 is 29.1 Å². The van der Waals surface area contributed by atoms with Crippen molar-refractivity contribution in [2.45, 2.75) is 46.7 Å². The van der Waals surface area contributed by atoms with Gasteiger partial charge < -0.3 is 4.74 Å². The van der Waals surface area contributed by atoms with Crippen LogP contribution in [0.1, 0.15) is 41.0 Å². The molecular formula is C17H25N3O2S. The topological polar surface area (TPSA) is 44.8 Å². The number of hydrogen-bond donors (Lipinski definition) is 1. The third kappa shape index (κ3) is 2.93. The maximum absolute atomic E-state index is 12.6. The SMILES string of the molecule is CCOC(=O)N1C(=S)N(c2ccccc2)NC1(CC)C(C)(C)C. The molecule has 0 aromatic heterocycles. The van der Waals surface area contributed by atoms with Gasteiger partial charge in [0.05, 0.1) is 12.3 Å². The van der Waals surface area contributed by atoms with Crippen LogP contribution >= 0.6 is 12.2 Å². The van der Waals surface area contributed by atoms with Crippen molar-refractivity contribution in [1.29, 1.82) is 0 Å². The number of carbonyl (C=O) groups excluding carboxylic acids is 1. The van der Waals surface area contributed by atoms with Gasteiger partial charge in [0, 0.05) is 5.41 Å². The lowest BCUT2D eigenvalue weighted by Crippen LogP contribution is -2.62. The van der Waals surface area contributed by atoms with Gasteiger partial charge in [0.25, 0.3) is 0 Å². The van der Waals surface area contributed by atoms with E-state index in [9.17, 15) is 4.79 Å². The van der Waals surface area contributed by atoms with Gasteiger partial charge in [0.15, 0.2) is 0 Å². The maximum atomic E-state index is 12.6. The van der Waals surface area contributed by atoms with Gasteiger partial charge >= 0.3 is 6.09 Å². The molecule has 126 valence electrons. The number of nitrogens with one attached hydrogen (secondary N) is 1. The Kier molecular flexibility index (Phi) is 4.96. The molecule has 0 radical (unpaired) electrons. The second-order valence-corrected chi connectivity index (χ2v) is 6.93. The van der Waals surface area contributed by atoms with Crippen molar-refractivity contribution in [2.75, 3.05) is 11.6 Å². The molecule has 1 aliphatic heterocycles. The van der Waals surface area contributed by atoms with E-state index >= 15 is 0 Å². The van der Waals surface area contributed by atoms with Crippen molar-refractivity contribution in [3.05, 3.63) is 30.3 Å². The van der Waals surface area contributed by atoms with E-state index in [-0.39, 0.29) is 5.41 Å². The van der Waals surface area contributed by atoms with E-state index in [4.69, 9.17) is 17.0 Å². The number of rotatable bonds is 3. The van der Waals surface area contributed by atoms with E-state index in [1.807, 2.05) is 37.3 Å². The minimum atomic E-state index is -0.647. The molecule has 23 heavy (non-hydrogen) atoms. The van der Waals surface area contributed by atoms with Crippen molar-refractivity contribution in [3.63, 3.8) is 0 Å². The first-order valence-corrected chi connectivity index (χ1v) is 8.33. The first-order valence-electron chi connectivity index (χ1n) is 7.92. The largest absolute Gasteiger partial charge is 0.449 e. The number of hydrazine groups is 1. The van der Waals surface area contributed by atoms with Gasteiger partial charge in [-0.15, -0.1) is 0 Å². The van der Waals surface area contributed by atoms with Crippen LogP contribution in [0.5, 0.6) is 0 Å². The minimum Gasteiger partial charge on any atom is -0.449 e. The zero-order valence-corrected chi connectivity index (χ0v) is 15.2. The summed E-state index contributed by atoms with van der Waals surface area (Å²) in [5.41, 5.74) is 3.47. The number of carbonyl (C=O) groups is 1. The summed E-state index contributed by atoms with van der Waals surface area (Å²) in [6.07, 6.45) is 0.277. The molecule has 1 amide bonds. The number of benzene rings is 1. The van der Waals surface area contributed by atoms with Gasteiger partial charge in [-0.05, 0) is 37.7 Å². The number of hydrogen-bond acceptors (Lipinski definition) is 4. The Hall–Kier alpha value is -1.66. The highest BCUT2D eigenvalue weighted by atomic mass is 32.1. The van der Waals surface area contributed by atoms with Crippen LogP contribution in [-0.2, 0) is 4.74 Å². The molecular weight excluding hydrogens is 310 g/mol. The van der Waals surface area contributed by atoms with Crippen LogP contribution in [0.15, 0.2) is 30.3 Å². The predicted molar refractivity (Wildman–Crippen MR) is 96.0 cm³/mol. The molecule has 5 nitrogen and oxygen atoms in total. The average molecular weight is 335 g/mol. The molecule has 0 saturated carbocycles. The first-order chi connectivity index (χ1) is 10.8. The summed E-state index contributed by atoms with van der Waals surface area (Å²) in [6.45, 7) is 10.4. The first kappa shape index (κ1) is 17.7. The highest BCUT2D eigenvalue weighted by Crippen LogP contribution is 2.42. The van der Waals surface area contributed by atoms with Crippen LogP contribution in [0.4, 0.5) is 10.5 Å². The fourth-order valence-corrected chi connectivity index (χ4v) is 3.37. The monoisotopic (exact) mass is 335 g/mol. The highest BCUT2D eigenvalue weighted by Gasteiger charge is 2.57. The Morgan fingerprint density at radius 2 is 1.87 bits per heavy atom. The van der Waals surface area contributed by atoms with E-state index < -0.39 is 11.8 Å². The lowest BCUT2D eigenvalue weighted by molar-refractivity contribution is 0.0228. The molecule has 6 heteroatoms. The summed E-state index contributed by atoms with van der Waals surface area (Å²) < 4.78 is 5.27. The fraction of sp³-hybridized carbons (Fsp3) is 0.529. The third-order valence-corrected chi connectivity index (χ3v) is 4.64. The standard InChI is InChI=1S/C17H25N3O2S/c1-6-17(16(3,4)5)18-20(13-11-9-8-10-12-13)14(23)19(17)15(21)22-7-2/h8-12,18H,6-7H2,1-5H3. The fourth-order valence-electron chi connectivity index (χ4n) is 2.99. The van der Waals surface area contributed by atoms with Crippen LogP contribution < -0.4 is 10.4 Å². The van der Waals surface area contributed by atoms with Gasteiger partial charge in [0.2, 0.25) is 5.11 Å². The normalized spacial score (nSPS) is 21.7. The van der Waals surface area contributed by atoms with Gasteiger partial charge in [-0.1, -0.05) is 45.9 Å². The van der Waals surface area contributed by atoms with E-state index in [2.05, 4.69) is 26.2 Å². The van der Waals surface area contributed by atoms with Crippen LogP contribution in [-0.4, -0.2) is 28.4 Å². The molecule has 1 fully saturated rings. The van der Waals surface area contributed by atoms with E-state index in [0.29, 0.717) is 18.1 Å². The number of ether oxygens (including phenoxy) is 1. The second kappa shape index (κ2) is 6.45. The molecule has 1 N–H and O–H groups in total. The van der Waals surface area contributed by atoms with Crippen molar-refractivity contribution in [2.24, 2.45) is 5.41 Å². The summed E-state index contributed by atoms with van der Waals surface area (Å²) in [5.74, 6) is 0. The number of anilines is 1.